The largest absolute Gasteiger partial charge is 0.497 e. The minimum absolute atomic E-state index is 0.0843. The average molecular weight is 359 g/mol. The van der Waals surface area contributed by atoms with Gasteiger partial charge in [0.05, 0.1) is 13.2 Å². The monoisotopic (exact) mass is 358 g/mol. The van der Waals surface area contributed by atoms with E-state index < -0.39 is 0 Å². The van der Waals surface area contributed by atoms with Crippen LogP contribution in [-0.2, 0) is 0 Å². The van der Waals surface area contributed by atoms with E-state index in [0.717, 1.165) is 29.4 Å². The number of halogens is 1. The Labute approximate surface area is 153 Å². The average Bonchev–Trinajstić information content (AvgIpc) is 3.17. The maximum Gasteiger partial charge on any atom is 0.251 e. The minimum Gasteiger partial charge on any atom is -0.497 e. The van der Waals surface area contributed by atoms with Crippen molar-refractivity contribution in [2.24, 2.45) is 0 Å². The van der Waals surface area contributed by atoms with Crippen molar-refractivity contribution in [1.82, 2.24) is 10.2 Å². The lowest BCUT2D eigenvalue weighted by atomic mass is 10.0. The molecule has 0 unspecified atom stereocenters. The topological polar surface area (TPSA) is 41.6 Å². The molecule has 4 nitrogen and oxygen atoms in total. The maximum atomic E-state index is 12.5. The normalized spacial score (nSPS) is 15.8. The molecule has 25 heavy (non-hydrogen) atoms. The summed E-state index contributed by atoms with van der Waals surface area (Å²) in [6.45, 7) is 2.61. The van der Waals surface area contributed by atoms with Crippen LogP contribution in [0, 0.1) is 0 Å². The Morgan fingerprint density at radius 3 is 2.48 bits per heavy atom. The van der Waals surface area contributed by atoms with Crippen LogP contribution in [0.1, 0.15) is 34.8 Å². The van der Waals surface area contributed by atoms with Crippen LogP contribution >= 0.6 is 11.6 Å². The van der Waals surface area contributed by atoms with E-state index in [0.29, 0.717) is 12.1 Å². The molecular weight excluding hydrogens is 336 g/mol. The van der Waals surface area contributed by atoms with Gasteiger partial charge in [0.15, 0.2) is 0 Å². The highest BCUT2D eigenvalue weighted by Gasteiger charge is 2.25. The summed E-state index contributed by atoms with van der Waals surface area (Å²) in [5.41, 5.74) is 1.70. The fraction of sp³-hybridized carbons (Fsp3) is 0.350. The van der Waals surface area contributed by atoms with Crippen LogP contribution in [-0.4, -0.2) is 37.6 Å². The summed E-state index contributed by atoms with van der Waals surface area (Å²) in [7, 11) is 1.61. The number of carbonyl (C=O) groups excluding carboxylic acids is 1. The van der Waals surface area contributed by atoms with E-state index in [9.17, 15) is 4.79 Å². The van der Waals surface area contributed by atoms with Crippen LogP contribution in [0.25, 0.3) is 0 Å². The van der Waals surface area contributed by atoms with Crippen LogP contribution in [0.15, 0.2) is 48.5 Å². The lowest BCUT2D eigenvalue weighted by Gasteiger charge is -2.29. The van der Waals surface area contributed by atoms with Crippen molar-refractivity contribution in [2.45, 2.75) is 18.9 Å². The molecule has 0 aromatic heterocycles. The molecule has 2 aromatic carbocycles. The van der Waals surface area contributed by atoms with Gasteiger partial charge in [0, 0.05) is 17.1 Å². The predicted octanol–water partition coefficient (Wildman–Crippen LogP) is 3.92. The molecule has 132 valence electrons. The molecule has 1 aliphatic rings. The second kappa shape index (κ2) is 8.37. The van der Waals surface area contributed by atoms with Gasteiger partial charge in [-0.3, -0.25) is 9.69 Å². The molecule has 1 fully saturated rings. The molecule has 1 amide bonds. The van der Waals surface area contributed by atoms with Gasteiger partial charge in [0.25, 0.3) is 5.91 Å². The van der Waals surface area contributed by atoms with Crippen LogP contribution in [0.5, 0.6) is 5.75 Å². The third-order valence-electron chi connectivity index (χ3n) is 4.65. The molecule has 3 rings (SSSR count). The molecule has 2 aromatic rings. The number of methoxy groups -OCH3 is 1. The standard InChI is InChI=1S/C20H23ClN2O2/c1-25-16-10-8-15(9-11-16)20(24)22-14-19(23-12-4-5-13-23)17-6-2-3-7-18(17)21/h2-3,6-11,19H,4-5,12-14H2,1H3,(H,22,24)/t19-/m1/s1. The number of nitrogens with zero attached hydrogens (tertiary/aromatic N) is 1. The van der Waals surface area contributed by atoms with Gasteiger partial charge < -0.3 is 10.1 Å². The zero-order chi connectivity index (χ0) is 17.6. The van der Waals surface area contributed by atoms with Crippen LogP contribution < -0.4 is 10.1 Å². The first-order valence-electron chi connectivity index (χ1n) is 8.60. The zero-order valence-electron chi connectivity index (χ0n) is 14.4. The van der Waals surface area contributed by atoms with E-state index in [4.69, 9.17) is 16.3 Å². The lowest BCUT2D eigenvalue weighted by Crippen LogP contribution is -2.37. The third kappa shape index (κ3) is 4.33. The number of likely N-dealkylation sites (tertiary alicyclic amines) is 1. The van der Waals surface area contributed by atoms with E-state index in [1.807, 2.05) is 24.3 Å². The molecule has 1 aliphatic heterocycles. The van der Waals surface area contributed by atoms with Gasteiger partial charge in [-0.15, -0.1) is 0 Å². The molecule has 1 heterocycles. The molecular formula is C20H23ClN2O2. The van der Waals surface area contributed by atoms with Gasteiger partial charge in [-0.05, 0) is 61.8 Å². The number of ether oxygens (including phenoxy) is 1. The van der Waals surface area contributed by atoms with Crippen molar-refractivity contribution >= 4 is 17.5 Å². The number of carbonyl (C=O) groups is 1. The van der Waals surface area contributed by atoms with Gasteiger partial charge in [0.2, 0.25) is 0 Å². The molecule has 0 bridgehead atoms. The van der Waals surface area contributed by atoms with Crippen molar-refractivity contribution < 1.29 is 9.53 Å². The van der Waals surface area contributed by atoms with E-state index >= 15 is 0 Å². The summed E-state index contributed by atoms with van der Waals surface area (Å²) in [4.78, 5) is 14.9. The van der Waals surface area contributed by atoms with E-state index in [2.05, 4.69) is 10.2 Å². The Kier molecular flexibility index (Phi) is 5.95. The Balaban J connectivity index is 1.71. The molecule has 1 saturated heterocycles. The molecule has 0 aliphatic carbocycles. The van der Waals surface area contributed by atoms with Crippen LogP contribution in [0.2, 0.25) is 5.02 Å². The lowest BCUT2D eigenvalue weighted by molar-refractivity contribution is 0.0938. The molecule has 1 atom stereocenters. The number of amides is 1. The first-order chi connectivity index (χ1) is 12.2. The number of hydrogen-bond donors (Lipinski definition) is 1. The van der Waals surface area contributed by atoms with Gasteiger partial charge in [-0.25, -0.2) is 0 Å². The highest BCUT2D eigenvalue weighted by molar-refractivity contribution is 6.31. The Bertz CT molecular complexity index is 712. The van der Waals surface area contributed by atoms with Crippen molar-refractivity contribution in [3.05, 3.63) is 64.7 Å². The third-order valence-corrected chi connectivity index (χ3v) is 5.00. The van der Waals surface area contributed by atoms with E-state index in [-0.39, 0.29) is 11.9 Å². The summed E-state index contributed by atoms with van der Waals surface area (Å²) >= 11 is 6.41. The smallest absolute Gasteiger partial charge is 0.251 e. The van der Waals surface area contributed by atoms with Gasteiger partial charge in [0.1, 0.15) is 5.75 Å². The highest BCUT2D eigenvalue weighted by atomic mass is 35.5. The maximum absolute atomic E-state index is 12.5. The Morgan fingerprint density at radius 1 is 1.16 bits per heavy atom. The summed E-state index contributed by atoms with van der Waals surface area (Å²) in [5, 5.41) is 3.81. The fourth-order valence-corrected chi connectivity index (χ4v) is 3.53. The highest BCUT2D eigenvalue weighted by Crippen LogP contribution is 2.29. The van der Waals surface area contributed by atoms with Crippen molar-refractivity contribution in [1.29, 1.82) is 0 Å². The molecule has 5 heteroatoms. The van der Waals surface area contributed by atoms with Gasteiger partial charge >= 0.3 is 0 Å². The first-order valence-corrected chi connectivity index (χ1v) is 8.97. The summed E-state index contributed by atoms with van der Waals surface area (Å²) in [6, 6.07) is 15.1. The van der Waals surface area contributed by atoms with Crippen molar-refractivity contribution in [2.75, 3.05) is 26.7 Å². The number of benzene rings is 2. The second-order valence-electron chi connectivity index (χ2n) is 6.22. The zero-order valence-corrected chi connectivity index (χ0v) is 15.1. The van der Waals surface area contributed by atoms with E-state index in [1.54, 1.807) is 31.4 Å². The van der Waals surface area contributed by atoms with Crippen LogP contribution in [0.4, 0.5) is 0 Å². The number of rotatable bonds is 6. The summed E-state index contributed by atoms with van der Waals surface area (Å²) in [5.74, 6) is 0.654. The molecule has 0 saturated carbocycles. The molecule has 1 N–H and O–H groups in total. The molecule has 0 radical (unpaired) electrons. The van der Waals surface area contributed by atoms with Crippen molar-refractivity contribution in [3.8, 4) is 5.75 Å². The first kappa shape index (κ1) is 17.8. The Morgan fingerprint density at radius 2 is 1.84 bits per heavy atom. The van der Waals surface area contributed by atoms with Crippen LogP contribution in [0.3, 0.4) is 0 Å². The predicted molar refractivity (Wildman–Crippen MR) is 100 cm³/mol. The minimum atomic E-state index is -0.0843. The van der Waals surface area contributed by atoms with Crippen molar-refractivity contribution in [3.63, 3.8) is 0 Å². The number of hydrogen-bond acceptors (Lipinski definition) is 3. The summed E-state index contributed by atoms with van der Waals surface area (Å²) < 4.78 is 5.13. The SMILES string of the molecule is COc1ccc(C(=O)NC[C@H](c2ccccc2Cl)N2CCCC2)cc1. The van der Waals surface area contributed by atoms with Gasteiger partial charge in [-0.2, -0.15) is 0 Å². The number of nitrogens with one attached hydrogen (secondary N) is 1. The Hall–Kier alpha value is -2.04. The van der Waals surface area contributed by atoms with E-state index in [1.165, 1.54) is 12.8 Å². The quantitative estimate of drug-likeness (QED) is 0.851. The fourth-order valence-electron chi connectivity index (χ4n) is 3.27. The van der Waals surface area contributed by atoms with Gasteiger partial charge in [-0.1, -0.05) is 29.8 Å². The summed E-state index contributed by atoms with van der Waals surface area (Å²) in [6.07, 6.45) is 2.38. The molecule has 0 spiro atoms. The second-order valence-corrected chi connectivity index (χ2v) is 6.63.